The molecule has 0 saturated carbocycles. The third-order valence-electron chi connectivity index (χ3n) is 2.42. The predicted molar refractivity (Wildman–Crippen MR) is 94.7 cm³/mol. The van der Waals surface area contributed by atoms with Gasteiger partial charge in [0.1, 0.15) is 0 Å². The van der Waals surface area contributed by atoms with Crippen LogP contribution in [0.3, 0.4) is 0 Å². The zero-order chi connectivity index (χ0) is 16.0. The van der Waals surface area contributed by atoms with Gasteiger partial charge in [0.2, 0.25) is 5.91 Å². The zero-order valence-electron chi connectivity index (χ0n) is 10.7. The van der Waals surface area contributed by atoms with Gasteiger partial charge in [0.05, 0.1) is 10.0 Å². The maximum atomic E-state index is 10.6. The molecule has 112 valence electrons. The molecule has 0 bridgehead atoms. The number of rotatable bonds is 2. The van der Waals surface area contributed by atoms with E-state index in [1.54, 1.807) is 18.2 Å². The summed E-state index contributed by atoms with van der Waals surface area (Å²) in [7, 11) is 0. The maximum Gasteiger partial charge on any atom is 0.248 e. The lowest BCUT2D eigenvalue weighted by molar-refractivity contribution is 0.100. The zero-order valence-corrected chi connectivity index (χ0v) is 15.4. The van der Waals surface area contributed by atoms with Gasteiger partial charge < -0.3 is 11.5 Å². The summed E-state index contributed by atoms with van der Waals surface area (Å²) in [5.41, 5.74) is 12.0. The molecule has 0 heterocycles. The largest absolute Gasteiger partial charge is 0.366 e. The third kappa shape index (κ3) is 5.96. The molecular formula is C14H12Br2Cl2N2O. The van der Waals surface area contributed by atoms with E-state index in [-0.39, 0.29) is 0 Å². The lowest BCUT2D eigenvalue weighted by Crippen LogP contribution is -2.10. The number of hydrogen-bond donors (Lipinski definition) is 2. The SMILES string of the molecule is NC(=O)c1ccc(Cl)c(Br)c1.NCc1ccc(Cl)c(Br)c1. The van der Waals surface area contributed by atoms with E-state index in [0.717, 1.165) is 15.1 Å². The van der Waals surface area contributed by atoms with Gasteiger partial charge in [-0.05, 0) is 67.8 Å². The van der Waals surface area contributed by atoms with Crippen LogP contribution in [-0.4, -0.2) is 5.91 Å². The van der Waals surface area contributed by atoms with Crippen molar-refractivity contribution < 1.29 is 4.79 Å². The molecule has 3 nitrogen and oxygen atoms in total. The molecule has 0 radical (unpaired) electrons. The number of carbonyl (C=O) groups excluding carboxylic acids is 1. The molecule has 0 atom stereocenters. The number of amides is 1. The number of halogens is 4. The van der Waals surface area contributed by atoms with Gasteiger partial charge in [-0.3, -0.25) is 4.79 Å². The molecule has 0 aromatic heterocycles. The molecule has 0 fully saturated rings. The summed E-state index contributed by atoms with van der Waals surface area (Å²) >= 11 is 17.9. The average Bonchev–Trinajstić information content (AvgIpc) is 2.45. The highest BCUT2D eigenvalue weighted by Crippen LogP contribution is 2.23. The Labute approximate surface area is 149 Å². The first-order chi connectivity index (χ1) is 9.85. The normalized spacial score (nSPS) is 9.76. The molecule has 2 aromatic carbocycles. The van der Waals surface area contributed by atoms with Crippen LogP contribution in [0.25, 0.3) is 0 Å². The molecule has 0 aliphatic carbocycles. The highest BCUT2D eigenvalue weighted by Gasteiger charge is 2.02. The van der Waals surface area contributed by atoms with Crippen LogP contribution in [0.5, 0.6) is 0 Å². The molecule has 4 N–H and O–H groups in total. The van der Waals surface area contributed by atoms with Gasteiger partial charge >= 0.3 is 0 Å². The summed E-state index contributed by atoms with van der Waals surface area (Å²) in [6.45, 7) is 0.551. The van der Waals surface area contributed by atoms with E-state index >= 15 is 0 Å². The van der Waals surface area contributed by atoms with Gasteiger partial charge in [0, 0.05) is 21.1 Å². The summed E-state index contributed by atoms with van der Waals surface area (Å²) in [5, 5.41) is 1.28. The van der Waals surface area contributed by atoms with Crippen molar-refractivity contribution in [2.75, 3.05) is 0 Å². The minimum absolute atomic E-state index is 0.446. The van der Waals surface area contributed by atoms with Crippen LogP contribution >= 0.6 is 55.1 Å². The average molecular weight is 455 g/mol. The Morgan fingerprint density at radius 3 is 1.95 bits per heavy atom. The standard InChI is InChI=1S/C7H5BrClNO.C7H7BrClN/c8-5-3-4(7(10)11)1-2-6(5)9;8-6-3-5(4-10)1-2-7(6)9/h1-3H,(H2,10,11);1-3H,4,10H2. The van der Waals surface area contributed by atoms with E-state index in [1.165, 1.54) is 0 Å². The second-order valence-electron chi connectivity index (χ2n) is 3.95. The van der Waals surface area contributed by atoms with Crippen molar-refractivity contribution in [3.05, 3.63) is 66.5 Å². The van der Waals surface area contributed by atoms with E-state index in [4.69, 9.17) is 34.7 Å². The van der Waals surface area contributed by atoms with Gasteiger partial charge in [0.25, 0.3) is 0 Å². The topological polar surface area (TPSA) is 69.1 Å². The first kappa shape index (κ1) is 18.5. The van der Waals surface area contributed by atoms with Gasteiger partial charge in [-0.2, -0.15) is 0 Å². The Morgan fingerprint density at radius 1 is 1.00 bits per heavy atom. The van der Waals surface area contributed by atoms with Gasteiger partial charge in [-0.1, -0.05) is 29.3 Å². The van der Waals surface area contributed by atoms with E-state index in [9.17, 15) is 4.79 Å². The first-order valence-electron chi connectivity index (χ1n) is 5.74. The van der Waals surface area contributed by atoms with E-state index in [2.05, 4.69) is 31.9 Å². The van der Waals surface area contributed by atoms with Crippen molar-refractivity contribution in [3.8, 4) is 0 Å². The first-order valence-corrected chi connectivity index (χ1v) is 8.08. The van der Waals surface area contributed by atoms with E-state index < -0.39 is 5.91 Å². The van der Waals surface area contributed by atoms with Crippen LogP contribution < -0.4 is 11.5 Å². The fourth-order valence-corrected chi connectivity index (χ4v) is 2.36. The fourth-order valence-electron chi connectivity index (χ4n) is 1.32. The molecule has 0 saturated heterocycles. The second-order valence-corrected chi connectivity index (χ2v) is 6.47. The highest BCUT2D eigenvalue weighted by atomic mass is 79.9. The fraction of sp³-hybridized carbons (Fsp3) is 0.0714. The summed E-state index contributed by atoms with van der Waals surface area (Å²) < 4.78 is 1.58. The number of primary amides is 1. The van der Waals surface area contributed by atoms with E-state index in [0.29, 0.717) is 21.6 Å². The molecular weight excluding hydrogens is 443 g/mol. The van der Waals surface area contributed by atoms with Crippen LogP contribution in [0.15, 0.2) is 45.3 Å². The third-order valence-corrected chi connectivity index (χ3v) is 4.85. The lowest BCUT2D eigenvalue weighted by atomic mass is 10.2. The Hall–Kier alpha value is -0.590. The van der Waals surface area contributed by atoms with Crippen molar-refractivity contribution in [1.82, 2.24) is 0 Å². The van der Waals surface area contributed by atoms with Crippen molar-refractivity contribution in [2.45, 2.75) is 6.54 Å². The molecule has 21 heavy (non-hydrogen) atoms. The van der Waals surface area contributed by atoms with E-state index in [1.807, 2.05) is 18.2 Å². The Balaban J connectivity index is 0.000000211. The number of carbonyl (C=O) groups is 1. The van der Waals surface area contributed by atoms with Gasteiger partial charge in [-0.25, -0.2) is 0 Å². The van der Waals surface area contributed by atoms with Gasteiger partial charge in [-0.15, -0.1) is 0 Å². The Bertz CT molecular complexity index is 651. The second kappa shape index (κ2) is 8.76. The smallest absolute Gasteiger partial charge is 0.248 e. The summed E-state index contributed by atoms with van der Waals surface area (Å²) in [6.07, 6.45) is 0. The lowest BCUT2D eigenvalue weighted by Gasteiger charge is -1.98. The molecule has 2 aromatic rings. The van der Waals surface area contributed by atoms with Crippen LogP contribution in [0.4, 0.5) is 0 Å². The predicted octanol–water partition coefficient (Wildman–Crippen LogP) is 4.76. The summed E-state index contributed by atoms with van der Waals surface area (Å²) in [4.78, 5) is 10.6. The van der Waals surface area contributed by atoms with Gasteiger partial charge in [0.15, 0.2) is 0 Å². The molecule has 0 unspecified atom stereocenters. The Kier molecular flexibility index (Phi) is 7.70. The summed E-state index contributed by atoms with van der Waals surface area (Å²) in [5.74, 6) is -0.456. The number of nitrogens with two attached hydrogens (primary N) is 2. The van der Waals surface area contributed by atoms with Crippen LogP contribution in [0, 0.1) is 0 Å². The minimum atomic E-state index is -0.456. The van der Waals surface area contributed by atoms with Crippen LogP contribution in [-0.2, 0) is 6.54 Å². The number of hydrogen-bond acceptors (Lipinski definition) is 2. The van der Waals surface area contributed by atoms with Crippen molar-refractivity contribution in [1.29, 1.82) is 0 Å². The molecule has 0 aliphatic rings. The molecule has 0 spiro atoms. The molecule has 0 aliphatic heterocycles. The van der Waals surface area contributed by atoms with Crippen molar-refractivity contribution in [2.24, 2.45) is 11.5 Å². The number of benzene rings is 2. The molecule has 7 heteroatoms. The Morgan fingerprint density at radius 2 is 1.52 bits per heavy atom. The maximum absolute atomic E-state index is 10.6. The minimum Gasteiger partial charge on any atom is -0.366 e. The van der Waals surface area contributed by atoms with Crippen LogP contribution in [0.2, 0.25) is 10.0 Å². The van der Waals surface area contributed by atoms with Crippen molar-refractivity contribution in [3.63, 3.8) is 0 Å². The van der Waals surface area contributed by atoms with Crippen molar-refractivity contribution >= 4 is 61.0 Å². The van der Waals surface area contributed by atoms with Crippen LogP contribution in [0.1, 0.15) is 15.9 Å². The monoisotopic (exact) mass is 452 g/mol. The quantitative estimate of drug-likeness (QED) is 0.686. The molecule has 2 rings (SSSR count). The highest BCUT2D eigenvalue weighted by molar-refractivity contribution is 9.10. The summed E-state index contributed by atoms with van der Waals surface area (Å²) in [6, 6.07) is 10.4. The molecule has 1 amide bonds.